The van der Waals surface area contributed by atoms with Crippen LogP contribution in [0.4, 0.5) is 0 Å². The van der Waals surface area contributed by atoms with Crippen molar-refractivity contribution in [2.75, 3.05) is 14.2 Å². The van der Waals surface area contributed by atoms with E-state index in [1.54, 1.807) is 7.11 Å². The van der Waals surface area contributed by atoms with E-state index in [0.717, 1.165) is 19.9 Å². The largest absolute Gasteiger partial charge is 0.496 e. The summed E-state index contributed by atoms with van der Waals surface area (Å²) in [6.45, 7) is 1.85. The normalized spacial score (nSPS) is 10.3. The third-order valence-corrected chi connectivity index (χ3v) is 4.06. The molecule has 0 aliphatic heterocycles. The van der Waals surface area contributed by atoms with Crippen molar-refractivity contribution in [1.82, 2.24) is 4.98 Å². The van der Waals surface area contributed by atoms with Crippen LogP contribution >= 0.6 is 27.3 Å². The number of methoxy groups -OCH3 is 2. The first-order valence-corrected chi connectivity index (χ1v) is 7.07. The smallest absolute Gasteiger partial charge is 0.357 e. The van der Waals surface area contributed by atoms with Gasteiger partial charge in [0.15, 0.2) is 5.69 Å². The van der Waals surface area contributed by atoms with Crippen molar-refractivity contribution in [2.24, 2.45) is 0 Å². The molecule has 1 aromatic heterocycles. The molecule has 2 rings (SSSR count). The lowest BCUT2D eigenvalue weighted by Crippen LogP contribution is -2.03. The number of nitrogens with zero attached hydrogens (tertiary/aromatic N) is 1. The fraction of sp³-hybridized carbons (Fsp3) is 0.231. The van der Waals surface area contributed by atoms with Crippen LogP contribution in [0.1, 0.15) is 15.4 Å². The van der Waals surface area contributed by atoms with E-state index >= 15 is 0 Å². The van der Waals surface area contributed by atoms with Crippen LogP contribution in [0.2, 0.25) is 0 Å². The minimum absolute atomic E-state index is 0.351. The van der Waals surface area contributed by atoms with Crippen LogP contribution in [0.15, 0.2) is 22.7 Å². The molecule has 0 fully saturated rings. The first kappa shape index (κ1) is 14.0. The lowest BCUT2D eigenvalue weighted by molar-refractivity contribution is 0.0594. The van der Waals surface area contributed by atoms with Crippen molar-refractivity contribution in [3.8, 4) is 16.3 Å². The molecule has 0 spiro atoms. The first-order chi connectivity index (χ1) is 9.06. The van der Waals surface area contributed by atoms with Gasteiger partial charge in [-0.25, -0.2) is 9.78 Å². The molecule has 2 aromatic rings. The Balaban J connectivity index is 2.53. The number of hydrogen-bond donors (Lipinski definition) is 0. The number of aromatic nitrogens is 1. The highest BCUT2D eigenvalue weighted by Crippen LogP contribution is 2.36. The van der Waals surface area contributed by atoms with Gasteiger partial charge < -0.3 is 9.47 Å². The molecule has 4 nitrogen and oxygen atoms in total. The predicted octanol–water partition coefficient (Wildman–Crippen LogP) is 3.68. The van der Waals surface area contributed by atoms with Crippen LogP contribution in [0.5, 0.6) is 5.75 Å². The van der Waals surface area contributed by atoms with Gasteiger partial charge in [-0.2, -0.15) is 0 Å². The van der Waals surface area contributed by atoms with E-state index in [-0.39, 0.29) is 0 Å². The van der Waals surface area contributed by atoms with Gasteiger partial charge >= 0.3 is 5.97 Å². The van der Waals surface area contributed by atoms with E-state index in [2.05, 4.69) is 20.9 Å². The SMILES string of the molecule is COC(=O)c1nc(-c2cc(Br)ccc2OC)sc1C. The van der Waals surface area contributed by atoms with Gasteiger partial charge in [0.1, 0.15) is 10.8 Å². The molecular formula is C13H12BrNO3S. The minimum Gasteiger partial charge on any atom is -0.496 e. The number of hydrogen-bond acceptors (Lipinski definition) is 5. The van der Waals surface area contributed by atoms with Gasteiger partial charge in [-0.3, -0.25) is 0 Å². The van der Waals surface area contributed by atoms with Crippen LogP contribution in [0.3, 0.4) is 0 Å². The van der Waals surface area contributed by atoms with Gasteiger partial charge in [-0.15, -0.1) is 11.3 Å². The summed E-state index contributed by atoms with van der Waals surface area (Å²) in [5.74, 6) is 0.294. The topological polar surface area (TPSA) is 48.4 Å². The molecule has 0 bridgehead atoms. The zero-order chi connectivity index (χ0) is 14.0. The van der Waals surface area contributed by atoms with Crippen LogP contribution in [-0.4, -0.2) is 25.2 Å². The lowest BCUT2D eigenvalue weighted by Gasteiger charge is -2.06. The van der Waals surface area contributed by atoms with Gasteiger partial charge in [0, 0.05) is 9.35 Å². The van der Waals surface area contributed by atoms with Gasteiger partial charge in [-0.05, 0) is 25.1 Å². The minimum atomic E-state index is -0.422. The summed E-state index contributed by atoms with van der Waals surface area (Å²) >= 11 is 4.86. The fourth-order valence-corrected chi connectivity index (χ4v) is 2.93. The predicted molar refractivity (Wildman–Crippen MR) is 77.9 cm³/mol. The lowest BCUT2D eigenvalue weighted by atomic mass is 10.2. The molecule has 0 aliphatic rings. The standard InChI is InChI=1S/C13H12BrNO3S/c1-7-11(13(16)18-3)15-12(19-7)9-6-8(14)4-5-10(9)17-2/h4-6H,1-3H3. The van der Waals surface area contributed by atoms with E-state index in [4.69, 9.17) is 9.47 Å². The molecule has 0 radical (unpaired) electrons. The maximum absolute atomic E-state index is 11.6. The van der Waals surface area contributed by atoms with Gasteiger partial charge in [0.2, 0.25) is 0 Å². The highest BCUT2D eigenvalue weighted by Gasteiger charge is 2.18. The number of carbonyl (C=O) groups excluding carboxylic acids is 1. The number of ether oxygens (including phenoxy) is 2. The van der Waals surface area contributed by atoms with Crippen molar-refractivity contribution >= 4 is 33.2 Å². The summed E-state index contributed by atoms with van der Waals surface area (Å²) in [5, 5.41) is 0.732. The summed E-state index contributed by atoms with van der Waals surface area (Å²) in [4.78, 5) is 16.7. The number of halogens is 1. The van der Waals surface area contributed by atoms with E-state index < -0.39 is 5.97 Å². The quantitative estimate of drug-likeness (QED) is 0.799. The second-order valence-electron chi connectivity index (χ2n) is 3.76. The summed E-state index contributed by atoms with van der Waals surface area (Å²) in [6.07, 6.45) is 0. The first-order valence-electron chi connectivity index (χ1n) is 5.46. The Morgan fingerprint density at radius 1 is 1.37 bits per heavy atom. The third-order valence-electron chi connectivity index (χ3n) is 2.57. The molecule has 0 amide bonds. The molecule has 6 heteroatoms. The van der Waals surface area contributed by atoms with E-state index in [1.165, 1.54) is 18.4 Å². The maximum atomic E-state index is 11.6. The summed E-state index contributed by atoms with van der Waals surface area (Å²) in [7, 11) is 2.95. The Bertz CT molecular complexity index is 624. The molecular weight excluding hydrogens is 330 g/mol. The number of aryl methyl sites for hydroxylation is 1. The van der Waals surface area contributed by atoms with Crippen LogP contribution in [0.25, 0.3) is 10.6 Å². The van der Waals surface area contributed by atoms with Gasteiger partial charge in [0.25, 0.3) is 0 Å². The molecule has 1 heterocycles. The number of benzene rings is 1. The maximum Gasteiger partial charge on any atom is 0.357 e. The average molecular weight is 342 g/mol. The number of rotatable bonds is 3. The molecule has 0 atom stereocenters. The van der Waals surface area contributed by atoms with Crippen molar-refractivity contribution in [3.05, 3.63) is 33.2 Å². The highest BCUT2D eigenvalue weighted by molar-refractivity contribution is 9.10. The summed E-state index contributed by atoms with van der Waals surface area (Å²) in [5.41, 5.74) is 1.20. The Kier molecular flexibility index (Phi) is 4.21. The van der Waals surface area contributed by atoms with Crippen molar-refractivity contribution in [2.45, 2.75) is 6.92 Å². The Hall–Kier alpha value is -1.40. The summed E-state index contributed by atoms with van der Waals surface area (Å²) < 4.78 is 11.0. The Morgan fingerprint density at radius 2 is 2.11 bits per heavy atom. The molecule has 0 N–H and O–H groups in total. The second-order valence-corrected chi connectivity index (χ2v) is 5.88. The third kappa shape index (κ3) is 2.79. The van der Waals surface area contributed by atoms with E-state index in [9.17, 15) is 4.79 Å². The molecule has 1 aromatic carbocycles. The van der Waals surface area contributed by atoms with Gasteiger partial charge in [0.05, 0.1) is 19.8 Å². The van der Waals surface area contributed by atoms with E-state index in [0.29, 0.717) is 11.4 Å². The van der Waals surface area contributed by atoms with E-state index in [1.807, 2.05) is 25.1 Å². The van der Waals surface area contributed by atoms with Crippen molar-refractivity contribution < 1.29 is 14.3 Å². The number of thiazole rings is 1. The van der Waals surface area contributed by atoms with Gasteiger partial charge in [-0.1, -0.05) is 15.9 Å². The second kappa shape index (κ2) is 5.71. The molecule has 100 valence electrons. The van der Waals surface area contributed by atoms with Crippen LogP contribution < -0.4 is 4.74 Å². The van der Waals surface area contributed by atoms with Crippen LogP contribution in [-0.2, 0) is 4.74 Å². The highest BCUT2D eigenvalue weighted by atomic mass is 79.9. The molecule has 0 aliphatic carbocycles. The number of carbonyl (C=O) groups is 1. The monoisotopic (exact) mass is 341 g/mol. The average Bonchev–Trinajstić information content (AvgIpc) is 2.79. The molecule has 19 heavy (non-hydrogen) atoms. The Labute approximate surface area is 123 Å². The fourth-order valence-electron chi connectivity index (χ4n) is 1.65. The van der Waals surface area contributed by atoms with Crippen molar-refractivity contribution in [1.29, 1.82) is 0 Å². The number of esters is 1. The zero-order valence-corrected chi connectivity index (χ0v) is 13.1. The van der Waals surface area contributed by atoms with Crippen molar-refractivity contribution in [3.63, 3.8) is 0 Å². The zero-order valence-electron chi connectivity index (χ0n) is 10.7. The molecule has 0 saturated heterocycles. The Morgan fingerprint density at radius 3 is 2.74 bits per heavy atom. The summed E-state index contributed by atoms with van der Waals surface area (Å²) in [6, 6.07) is 5.66. The molecule has 0 saturated carbocycles. The van der Waals surface area contributed by atoms with Crippen LogP contribution in [0, 0.1) is 6.92 Å². The molecule has 0 unspecified atom stereocenters.